The highest BCUT2D eigenvalue weighted by molar-refractivity contribution is 5.85. The van der Waals surface area contributed by atoms with Crippen LogP contribution in [0.1, 0.15) is 33.1 Å². The molecular weight excluding hydrogens is 196 g/mol. The topological polar surface area (TPSA) is 83.6 Å². The van der Waals surface area contributed by atoms with Crippen molar-refractivity contribution >= 4 is 11.9 Å². The molecule has 0 spiro atoms. The quantitative estimate of drug-likeness (QED) is 0.674. The summed E-state index contributed by atoms with van der Waals surface area (Å²) in [6.07, 6.45) is 1.55. The average molecular weight is 216 g/mol. The maximum absolute atomic E-state index is 11.6. The van der Waals surface area contributed by atoms with Gasteiger partial charge >= 0.3 is 5.97 Å². The van der Waals surface area contributed by atoms with E-state index in [9.17, 15) is 9.59 Å². The van der Waals surface area contributed by atoms with Gasteiger partial charge in [-0.05, 0) is 13.3 Å². The lowest BCUT2D eigenvalue weighted by molar-refractivity contribution is -0.142. The molecule has 0 fully saturated rings. The van der Waals surface area contributed by atoms with Gasteiger partial charge in [0.1, 0.15) is 0 Å². The number of likely N-dealkylation sites (N-methyl/N-ethyl adjacent to an activating group) is 1. The van der Waals surface area contributed by atoms with Crippen LogP contribution in [0.5, 0.6) is 0 Å². The number of amides is 1. The minimum atomic E-state index is -1.05. The van der Waals surface area contributed by atoms with E-state index in [-0.39, 0.29) is 18.4 Å². The van der Waals surface area contributed by atoms with E-state index in [1.54, 1.807) is 7.05 Å². The van der Waals surface area contributed by atoms with Gasteiger partial charge in [-0.3, -0.25) is 9.59 Å². The molecule has 0 heterocycles. The van der Waals surface area contributed by atoms with E-state index in [0.717, 1.165) is 12.8 Å². The van der Waals surface area contributed by atoms with Crippen molar-refractivity contribution in [2.45, 2.75) is 45.2 Å². The van der Waals surface area contributed by atoms with Crippen LogP contribution in [0.15, 0.2) is 0 Å². The Morgan fingerprint density at radius 2 is 2.00 bits per heavy atom. The Balaban J connectivity index is 4.23. The number of hydrogen-bond donors (Lipinski definition) is 2. The normalized spacial score (nSPS) is 14.4. The van der Waals surface area contributed by atoms with Crippen LogP contribution in [0.25, 0.3) is 0 Å². The molecule has 5 nitrogen and oxygen atoms in total. The Kier molecular flexibility index (Phi) is 5.93. The van der Waals surface area contributed by atoms with Crippen LogP contribution in [-0.4, -0.2) is 41.0 Å². The lowest BCUT2D eigenvalue weighted by Gasteiger charge is -2.26. The summed E-state index contributed by atoms with van der Waals surface area (Å²) in [5.41, 5.74) is 5.48. The Bertz CT molecular complexity index is 231. The fraction of sp³-hybridized carbons (Fsp3) is 0.800. The van der Waals surface area contributed by atoms with Gasteiger partial charge in [0.15, 0.2) is 0 Å². The number of hydrogen-bond acceptors (Lipinski definition) is 3. The number of aliphatic carboxylic acids is 1. The summed E-state index contributed by atoms with van der Waals surface area (Å²) < 4.78 is 0. The van der Waals surface area contributed by atoms with Gasteiger partial charge in [0.05, 0.1) is 12.5 Å². The molecule has 0 aliphatic carbocycles. The van der Waals surface area contributed by atoms with Crippen molar-refractivity contribution in [3.63, 3.8) is 0 Å². The van der Waals surface area contributed by atoms with E-state index >= 15 is 0 Å². The lowest BCUT2D eigenvalue weighted by Crippen LogP contribution is -2.46. The number of carbonyl (C=O) groups excluding carboxylic acids is 1. The molecule has 0 bridgehead atoms. The molecule has 88 valence electrons. The summed E-state index contributed by atoms with van der Waals surface area (Å²) in [5.74, 6) is -1.36. The lowest BCUT2D eigenvalue weighted by atomic mass is 10.1. The Labute approximate surface area is 90.2 Å². The van der Waals surface area contributed by atoms with E-state index in [2.05, 4.69) is 0 Å². The highest BCUT2D eigenvalue weighted by Crippen LogP contribution is 2.06. The van der Waals surface area contributed by atoms with E-state index in [4.69, 9.17) is 10.8 Å². The van der Waals surface area contributed by atoms with Crippen LogP contribution in [0.2, 0.25) is 0 Å². The maximum atomic E-state index is 11.6. The van der Waals surface area contributed by atoms with Crippen molar-refractivity contribution in [1.82, 2.24) is 4.90 Å². The first-order valence-corrected chi connectivity index (χ1v) is 5.14. The first-order chi connectivity index (χ1) is 6.90. The third-order valence-electron chi connectivity index (χ3n) is 2.43. The first-order valence-electron chi connectivity index (χ1n) is 5.14. The van der Waals surface area contributed by atoms with Gasteiger partial charge in [0.2, 0.25) is 5.91 Å². The second-order valence-corrected chi connectivity index (χ2v) is 3.79. The minimum Gasteiger partial charge on any atom is -0.481 e. The zero-order valence-corrected chi connectivity index (χ0v) is 9.56. The summed E-state index contributed by atoms with van der Waals surface area (Å²) in [5, 5.41) is 8.51. The number of nitrogens with two attached hydrogens (primary N) is 1. The van der Waals surface area contributed by atoms with Gasteiger partial charge in [-0.15, -0.1) is 0 Å². The van der Waals surface area contributed by atoms with Crippen molar-refractivity contribution in [1.29, 1.82) is 0 Å². The molecule has 2 unspecified atom stereocenters. The van der Waals surface area contributed by atoms with E-state index in [1.807, 2.05) is 13.8 Å². The second kappa shape index (κ2) is 6.40. The summed E-state index contributed by atoms with van der Waals surface area (Å²) in [7, 11) is 1.66. The Morgan fingerprint density at radius 3 is 2.40 bits per heavy atom. The molecule has 0 aromatic heterocycles. The minimum absolute atomic E-state index is 0.0994. The number of carboxylic acid groups (broad SMARTS) is 1. The summed E-state index contributed by atoms with van der Waals surface area (Å²) >= 11 is 0. The third kappa shape index (κ3) is 4.78. The predicted octanol–water partition coefficient (Wildman–Crippen LogP) is 0.435. The highest BCUT2D eigenvalue weighted by atomic mass is 16.4. The smallest absolute Gasteiger partial charge is 0.305 e. The van der Waals surface area contributed by atoms with Crippen molar-refractivity contribution in [3.05, 3.63) is 0 Å². The standard InChI is InChI=1S/C10H20N2O3/c1-4-5-7(2)12(3)10(15)8(11)6-9(13)14/h7-8H,4-6,11H2,1-3H3,(H,13,14). The Morgan fingerprint density at radius 1 is 1.47 bits per heavy atom. The molecule has 5 heteroatoms. The molecule has 0 saturated carbocycles. The largest absolute Gasteiger partial charge is 0.481 e. The summed E-state index contributed by atoms with van der Waals surface area (Å²) in [4.78, 5) is 23.5. The number of nitrogens with zero attached hydrogens (tertiary/aromatic N) is 1. The van der Waals surface area contributed by atoms with E-state index < -0.39 is 12.0 Å². The molecule has 0 radical (unpaired) electrons. The van der Waals surface area contributed by atoms with Crippen molar-refractivity contribution in [2.24, 2.45) is 5.73 Å². The highest BCUT2D eigenvalue weighted by Gasteiger charge is 2.23. The molecule has 0 aromatic rings. The zero-order valence-electron chi connectivity index (χ0n) is 9.56. The van der Waals surface area contributed by atoms with E-state index in [0.29, 0.717) is 0 Å². The maximum Gasteiger partial charge on any atom is 0.305 e. The van der Waals surface area contributed by atoms with Crippen molar-refractivity contribution in [3.8, 4) is 0 Å². The molecule has 0 aliphatic rings. The van der Waals surface area contributed by atoms with Gasteiger partial charge in [-0.2, -0.15) is 0 Å². The van der Waals surface area contributed by atoms with Gasteiger partial charge < -0.3 is 15.7 Å². The monoisotopic (exact) mass is 216 g/mol. The van der Waals surface area contributed by atoms with Crippen LogP contribution in [0, 0.1) is 0 Å². The number of rotatable bonds is 6. The van der Waals surface area contributed by atoms with Crippen molar-refractivity contribution < 1.29 is 14.7 Å². The molecule has 15 heavy (non-hydrogen) atoms. The van der Waals surface area contributed by atoms with Crippen LogP contribution in [-0.2, 0) is 9.59 Å². The SMILES string of the molecule is CCCC(C)N(C)C(=O)C(N)CC(=O)O. The van der Waals surface area contributed by atoms with Gasteiger partial charge in [-0.25, -0.2) is 0 Å². The van der Waals surface area contributed by atoms with Gasteiger partial charge in [-0.1, -0.05) is 13.3 Å². The van der Waals surface area contributed by atoms with Crippen molar-refractivity contribution in [2.75, 3.05) is 7.05 Å². The Hall–Kier alpha value is -1.10. The fourth-order valence-corrected chi connectivity index (χ4v) is 1.37. The average Bonchev–Trinajstić information content (AvgIpc) is 2.14. The fourth-order valence-electron chi connectivity index (χ4n) is 1.37. The van der Waals surface area contributed by atoms with Gasteiger partial charge in [0, 0.05) is 13.1 Å². The molecule has 0 rings (SSSR count). The first kappa shape index (κ1) is 13.9. The van der Waals surface area contributed by atoms with Crippen LogP contribution in [0.4, 0.5) is 0 Å². The molecule has 2 atom stereocenters. The molecular formula is C10H20N2O3. The molecule has 1 amide bonds. The molecule has 3 N–H and O–H groups in total. The number of carboxylic acids is 1. The molecule has 0 aromatic carbocycles. The molecule has 0 aliphatic heterocycles. The third-order valence-corrected chi connectivity index (χ3v) is 2.43. The molecule has 0 saturated heterocycles. The zero-order chi connectivity index (χ0) is 12.0. The summed E-state index contributed by atoms with van der Waals surface area (Å²) in [6, 6.07) is -0.839. The van der Waals surface area contributed by atoms with Crippen LogP contribution < -0.4 is 5.73 Å². The van der Waals surface area contributed by atoms with Crippen LogP contribution >= 0.6 is 0 Å². The van der Waals surface area contributed by atoms with Crippen LogP contribution in [0.3, 0.4) is 0 Å². The number of carbonyl (C=O) groups is 2. The van der Waals surface area contributed by atoms with E-state index in [1.165, 1.54) is 4.90 Å². The predicted molar refractivity (Wildman–Crippen MR) is 57.4 cm³/mol. The summed E-state index contributed by atoms with van der Waals surface area (Å²) in [6.45, 7) is 3.96. The second-order valence-electron chi connectivity index (χ2n) is 3.79. The van der Waals surface area contributed by atoms with Gasteiger partial charge in [0.25, 0.3) is 0 Å².